The number of ketones is 1. The van der Waals surface area contributed by atoms with Gasteiger partial charge in [0.15, 0.2) is 5.76 Å². The number of hydrogen-bond acceptors (Lipinski definition) is 4. The topological polar surface area (TPSA) is 48.7 Å². The third-order valence-corrected chi connectivity index (χ3v) is 2.27. The summed E-state index contributed by atoms with van der Waals surface area (Å²) in [7, 11) is 1.52. The van der Waals surface area contributed by atoms with Crippen LogP contribution in [0.3, 0.4) is 0 Å². The molecule has 0 bridgehead atoms. The second kappa shape index (κ2) is 5.35. The highest BCUT2D eigenvalue weighted by Crippen LogP contribution is 2.19. The number of furan rings is 1. The van der Waals surface area contributed by atoms with Gasteiger partial charge in [0.1, 0.15) is 11.5 Å². The van der Waals surface area contributed by atoms with Crippen LogP contribution in [0.25, 0.3) is 0 Å². The van der Waals surface area contributed by atoms with Crippen LogP contribution in [0.4, 0.5) is 4.39 Å². The first-order chi connectivity index (χ1) is 8.70. The number of methoxy groups -OCH3 is 1. The van der Waals surface area contributed by atoms with Crippen molar-refractivity contribution >= 4 is 5.78 Å². The fourth-order valence-electron chi connectivity index (χ4n) is 1.36. The number of benzene rings is 1. The molecule has 0 N–H and O–H groups in total. The number of rotatable bonds is 5. The molecular formula is C13H11FO4. The van der Waals surface area contributed by atoms with Crippen LogP contribution in [-0.2, 0) is 0 Å². The van der Waals surface area contributed by atoms with E-state index in [0.717, 1.165) is 0 Å². The molecule has 0 amide bonds. The summed E-state index contributed by atoms with van der Waals surface area (Å²) in [6.07, 6.45) is -0.794. The van der Waals surface area contributed by atoms with Crippen LogP contribution in [0.2, 0.25) is 0 Å². The Morgan fingerprint density at radius 1 is 1.22 bits per heavy atom. The summed E-state index contributed by atoms with van der Waals surface area (Å²) in [6, 6.07) is 9.14. The molecule has 1 aromatic heterocycles. The second-order valence-electron chi connectivity index (χ2n) is 3.45. The van der Waals surface area contributed by atoms with Gasteiger partial charge in [0.25, 0.3) is 5.78 Å². The molecule has 0 spiro atoms. The van der Waals surface area contributed by atoms with E-state index in [2.05, 4.69) is 0 Å². The minimum absolute atomic E-state index is 0.0731. The van der Waals surface area contributed by atoms with E-state index in [4.69, 9.17) is 13.9 Å². The summed E-state index contributed by atoms with van der Waals surface area (Å²) in [5.74, 6) is -0.0647. The summed E-state index contributed by atoms with van der Waals surface area (Å²) in [5, 5.41) is 0. The summed E-state index contributed by atoms with van der Waals surface area (Å²) in [5.41, 5.74) is 0. The Labute approximate surface area is 103 Å². The molecule has 18 heavy (non-hydrogen) atoms. The standard InChI is InChI=1S/C13H11FO4/c1-16-9-4-6-10(7-5-9)18-13(14)12(15)11-3-2-8-17-11/h2-8,13H,1H3. The number of Topliss-reactive ketones (excluding diaryl/α,β-unsaturated/α-hetero) is 1. The van der Waals surface area contributed by atoms with Gasteiger partial charge in [0.2, 0.25) is 0 Å². The lowest BCUT2D eigenvalue weighted by Crippen LogP contribution is -2.21. The average molecular weight is 250 g/mol. The van der Waals surface area contributed by atoms with Crippen molar-refractivity contribution < 1.29 is 23.1 Å². The van der Waals surface area contributed by atoms with Crippen molar-refractivity contribution in [3.05, 3.63) is 48.4 Å². The van der Waals surface area contributed by atoms with Gasteiger partial charge in [0.05, 0.1) is 13.4 Å². The van der Waals surface area contributed by atoms with Crippen LogP contribution in [0.5, 0.6) is 11.5 Å². The van der Waals surface area contributed by atoms with Gasteiger partial charge >= 0.3 is 6.36 Å². The van der Waals surface area contributed by atoms with Gasteiger partial charge in [-0.05, 0) is 36.4 Å². The normalized spacial score (nSPS) is 11.9. The Hall–Kier alpha value is -2.30. The van der Waals surface area contributed by atoms with Crippen molar-refractivity contribution in [3.63, 3.8) is 0 Å². The molecule has 0 radical (unpaired) electrons. The maximum atomic E-state index is 13.6. The molecule has 94 valence electrons. The fraction of sp³-hybridized carbons (Fsp3) is 0.154. The van der Waals surface area contributed by atoms with E-state index in [1.807, 2.05) is 0 Å². The van der Waals surface area contributed by atoms with Crippen LogP contribution >= 0.6 is 0 Å². The molecule has 1 aromatic carbocycles. The Morgan fingerprint density at radius 2 is 1.89 bits per heavy atom. The Bertz CT molecular complexity index is 504. The molecule has 1 heterocycles. The van der Waals surface area contributed by atoms with Crippen molar-refractivity contribution in [3.8, 4) is 11.5 Å². The fourth-order valence-corrected chi connectivity index (χ4v) is 1.36. The Balaban J connectivity index is 2.02. The summed E-state index contributed by atoms with van der Waals surface area (Å²) >= 11 is 0. The molecule has 0 aliphatic carbocycles. The van der Waals surface area contributed by atoms with E-state index in [0.29, 0.717) is 5.75 Å². The predicted octanol–water partition coefficient (Wildman–Crippen LogP) is 2.85. The van der Waals surface area contributed by atoms with Crippen molar-refractivity contribution in [1.82, 2.24) is 0 Å². The summed E-state index contributed by atoms with van der Waals surface area (Å²) in [6.45, 7) is 0. The lowest BCUT2D eigenvalue weighted by atomic mass is 10.3. The van der Waals surface area contributed by atoms with Gasteiger partial charge < -0.3 is 13.9 Å². The first-order valence-corrected chi connectivity index (χ1v) is 5.23. The van der Waals surface area contributed by atoms with E-state index >= 15 is 0 Å². The molecule has 2 rings (SSSR count). The molecular weight excluding hydrogens is 239 g/mol. The third kappa shape index (κ3) is 2.68. The van der Waals surface area contributed by atoms with E-state index < -0.39 is 12.1 Å². The first-order valence-electron chi connectivity index (χ1n) is 5.23. The first kappa shape index (κ1) is 12.2. The van der Waals surface area contributed by atoms with Crippen molar-refractivity contribution in [1.29, 1.82) is 0 Å². The van der Waals surface area contributed by atoms with Gasteiger partial charge in [-0.2, -0.15) is 4.39 Å². The van der Waals surface area contributed by atoms with E-state index in [-0.39, 0.29) is 11.5 Å². The van der Waals surface area contributed by atoms with E-state index in [1.54, 1.807) is 12.1 Å². The minimum atomic E-state index is -2.09. The van der Waals surface area contributed by atoms with Crippen molar-refractivity contribution in [2.75, 3.05) is 7.11 Å². The summed E-state index contributed by atoms with van der Waals surface area (Å²) in [4.78, 5) is 11.5. The average Bonchev–Trinajstić information content (AvgIpc) is 2.92. The zero-order valence-electron chi connectivity index (χ0n) is 9.63. The minimum Gasteiger partial charge on any atom is -0.497 e. The van der Waals surface area contributed by atoms with Gasteiger partial charge in [-0.3, -0.25) is 4.79 Å². The summed E-state index contributed by atoms with van der Waals surface area (Å²) < 4.78 is 28.2. The number of alkyl halides is 1. The smallest absolute Gasteiger partial charge is 0.304 e. The molecule has 0 saturated carbocycles. The van der Waals surface area contributed by atoms with Gasteiger partial charge in [0, 0.05) is 0 Å². The largest absolute Gasteiger partial charge is 0.497 e. The van der Waals surface area contributed by atoms with Crippen LogP contribution in [0, 0.1) is 0 Å². The van der Waals surface area contributed by atoms with Crippen LogP contribution in [-0.4, -0.2) is 19.3 Å². The highest BCUT2D eigenvalue weighted by atomic mass is 19.1. The maximum absolute atomic E-state index is 13.6. The van der Waals surface area contributed by atoms with Crippen LogP contribution in [0.1, 0.15) is 10.6 Å². The highest BCUT2D eigenvalue weighted by Gasteiger charge is 2.23. The molecule has 2 aromatic rings. The molecule has 1 atom stereocenters. The van der Waals surface area contributed by atoms with Gasteiger partial charge in [-0.1, -0.05) is 0 Å². The van der Waals surface area contributed by atoms with E-state index in [9.17, 15) is 9.18 Å². The molecule has 0 aliphatic rings. The number of halogens is 1. The van der Waals surface area contributed by atoms with Crippen LogP contribution < -0.4 is 9.47 Å². The van der Waals surface area contributed by atoms with Crippen molar-refractivity contribution in [2.24, 2.45) is 0 Å². The number of hydrogen-bond donors (Lipinski definition) is 0. The van der Waals surface area contributed by atoms with Crippen LogP contribution in [0.15, 0.2) is 47.1 Å². The molecule has 1 unspecified atom stereocenters. The zero-order chi connectivity index (χ0) is 13.0. The SMILES string of the molecule is COc1ccc(OC(F)C(=O)c2ccco2)cc1. The molecule has 0 fully saturated rings. The Kier molecular flexibility index (Phi) is 3.62. The number of ether oxygens (including phenoxy) is 2. The molecule has 4 nitrogen and oxygen atoms in total. The Morgan fingerprint density at radius 3 is 2.44 bits per heavy atom. The van der Waals surface area contributed by atoms with Gasteiger partial charge in [-0.25, -0.2) is 0 Å². The molecule has 5 heteroatoms. The zero-order valence-corrected chi connectivity index (χ0v) is 9.63. The van der Waals surface area contributed by atoms with Gasteiger partial charge in [-0.15, -0.1) is 0 Å². The second-order valence-corrected chi connectivity index (χ2v) is 3.45. The van der Waals surface area contributed by atoms with E-state index in [1.165, 1.54) is 37.6 Å². The number of carbonyl (C=O) groups excluding carboxylic acids is 1. The highest BCUT2D eigenvalue weighted by molar-refractivity contribution is 5.96. The molecule has 0 aliphatic heterocycles. The van der Waals surface area contributed by atoms with Crippen molar-refractivity contribution in [2.45, 2.75) is 6.36 Å². The monoisotopic (exact) mass is 250 g/mol. The predicted molar refractivity (Wildman–Crippen MR) is 61.6 cm³/mol. The maximum Gasteiger partial charge on any atom is 0.304 e. The third-order valence-electron chi connectivity index (χ3n) is 2.27. The molecule has 0 saturated heterocycles. The quantitative estimate of drug-likeness (QED) is 0.765. The lowest BCUT2D eigenvalue weighted by Gasteiger charge is -2.09. The number of carbonyl (C=O) groups is 1. The lowest BCUT2D eigenvalue weighted by molar-refractivity contribution is 0.0424.